The third kappa shape index (κ3) is 7.04. The van der Waals surface area contributed by atoms with Crippen LogP contribution in [0, 0.1) is 5.92 Å². The maximum absolute atomic E-state index is 13.7. The summed E-state index contributed by atoms with van der Waals surface area (Å²) in [6.07, 6.45) is 0.243. The monoisotopic (exact) mass is 507 g/mol. The van der Waals surface area contributed by atoms with Crippen LogP contribution in [-0.2, 0) is 25.6 Å². The van der Waals surface area contributed by atoms with E-state index >= 15 is 0 Å². The van der Waals surface area contributed by atoms with Gasteiger partial charge in [0.25, 0.3) is 5.91 Å². The molecule has 37 heavy (non-hydrogen) atoms. The first kappa shape index (κ1) is 27.6. The summed E-state index contributed by atoms with van der Waals surface area (Å²) in [7, 11) is 0. The number of carbonyl (C=O) groups is 4. The highest BCUT2D eigenvalue weighted by Gasteiger charge is 2.39. The summed E-state index contributed by atoms with van der Waals surface area (Å²) >= 11 is 0. The predicted octanol–water partition coefficient (Wildman–Crippen LogP) is 2.26. The molecule has 2 aromatic carbocycles. The van der Waals surface area contributed by atoms with Crippen LogP contribution in [-0.4, -0.2) is 68.4 Å². The van der Waals surface area contributed by atoms with Crippen molar-refractivity contribution in [1.82, 2.24) is 15.1 Å². The molecule has 3 atom stereocenters. The highest BCUT2D eigenvalue weighted by molar-refractivity contribution is 5.99. The van der Waals surface area contributed by atoms with Crippen molar-refractivity contribution in [3.63, 3.8) is 0 Å². The molecule has 1 aliphatic heterocycles. The van der Waals surface area contributed by atoms with Crippen LogP contribution in [0.2, 0.25) is 0 Å². The standard InChI is InChI=1S/C28H33N3O6/c1-18(2)14-23-27(35)31(24(16-30(23)19(3)32)21-12-8-5-9-13-21)17-25(33)29-22(26(34)28(36)37)15-20-10-6-4-7-11-20/h4-13,16,18,22-23,26,34H,14-15,17H2,1-3H3,(H,29,33)(H,36,37)/t22-,23?,26?/m0/s1. The zero-order valence-corrected chi connectivity index (χ0v) is 21.2. The molecule has 0 spiro atoms. The summed E-state index contributed by atoms with van der Waals surface area (Å²) in [5, 5.41) is 22.3. The molecule has 1 heterocycles. The molecule has 2 aromatic rings. The first-order valence-electron chi connectivity index (χ1n) is 12.2. The van der Waals surface area contributed by atoms with E-state index in [1.54, 1.807) is 54.7 Å². The lowest BCUT2D eigenvalue weighted by molar-refractivity contribution is -0.149. The fourth-order valence-corrected chi connectivity index (χ4v) is 4.36. The van der Waals surface area contributed by atoms with Gasteiger partial charge in [0.15, 0.2) is 6.10 Å². The molecule has 0 saturated carbocycles. The Bertz CT molecular complexity index is 1150. The Hall–Kier alpha value is -3.98. The third-order valence-corrected chi connectivity index (χ3v) is 6.15. The van der Waals surface area contributed by atoms with Gasteiger partial charge < -0.3 is 20.4 Å². The van der Waals surface area contributed by atoms with Gasteiger partial charge in [0, 0.05) is 13.1 Å². The van der Waals surface area contributed by atoms with Crippen molar-refractivity contribution in [1.29, 1.82) is 0 Å². The summed E-state index contributed by atoms with van der Waals surface area (Å²) < 4.78 is 0. The molecule has 9 heteroatoms. The normalized spacial score (nSPS) is 17.3. The Balaban J connectivity index is 1.92. The molecule has 2 unspecified atom stereocenters. The van der Waals surface area contributed by atoms with Gasteiger partial charge in [-0.1, -0.05) is 74.5 Å². The largest absolute Gasteiger partial charge is 0.479 e. The molecule has 3 amide bonds. The molecule has 0 radical (unpaired) electrons. The smallest absolute Gasteiger partial charge is 0.334 e. The number of carboxylic acid groups (broad SMARTS) is 1. The molecule has 3 N–H and O–H groups in total. The van der Waals surface area contributed by atoms with E-state index in [0.29, 0.717) is 17.7 Å². The number of aliphatic carboxylic acids is 1. The van der Waals surface area contributed by atoms with E-state index in [4.69, 9.17) is 0 Å². The minimum Gasteiger partial charge on any atom is -0.479 e. The fourth-order valence-electron chi connectivity index (χ4n) is 4.36. The van der Waals surface area contributed by atoms with Crippen LogP contribution in [0.3, 0.4) is 0 Å². The lowest BCUT2D eigenvalue weighted by atomic mass is 9.97. The van der Waals surface area contributed by atoms with E-state index in [1.165, 1.54) is 16.7 Å². The van der Waals surface area contributed by atoms with Gasteiger partial charge in [-0.2, -0.15) is 0 Å². The molecule has 0 fully saturated rings. The highest BCUT2D eigenvalue weighted by atomic mass is 16.4. The number of carboxylic acids is 1. The Morgan fingerprint density at radius 2 is 1.59 bits per heavy atom. The van der Waals surface area contributed by atoms with Gasteiger partial charge in [-0.3, -0.25) is 19.3 Å². The molecule has 1 aliphatic rings. The Morgan fingerprint density at radius 1 is 1.00 bits per heavy atom. The molecule has 0 bridgehead atoms. The minimum atomic E-state index is -1.84. The van der Waals surface area contributed by atoms with Gasteiger partial charge >= 0.3 is 5.97 Å². The molecule has 9 nitrogen and oxygen atoms in total. The summed E-state index contributed by atoms with van der Waals surface area (Å²) in [4.78, 5) is 53.6. The number of hydrogen-bond acceptors (Lipinski definition) is 5. The summed E-state index contributed by atoms with van der Waals surface area (Å²) in [6, 6.07) is 16.0. The van der Waals surface area contributed by atoms with Gasteiger partial charge in [0.05, 0.1) is 11.7 Å². The Kier molecular flexibility index (Phi) is 9.19. The number of aliphatic hydroxyl groups is 1. The van der Waals surface area contributed by atoms with Crippen LogP contribution in [0.25, 0.3) is 5.70 Å². The maximum atomic E-state index is 13.7. The number of rotatable bonds is 10. The zero-order valence-electron chi connectivity index (χ0n) is 21.2. The lowest BCUT2D eigenvalue weighted by Gasteiger charge is -2.39. The van der Waals surface area contributed by atoms with Crippen LogP contribution in [0.1, 0.15) is 38.3 Å². The van der Waals surface area contributed by atoms with E-state index in [-0.39, 0.29) is 18.2 Å². The predicted molar refractivity (Wildman–Crippen MR) is 138 cm³/mol. The van der Waals surface area contributed by atoms with Gasteiger partial charge in [0.2, 0.25) is 11.8 Å². The van der Waals surface area contributed by atoms with Crippen molar-refractivity contribution >= 4 is 29.4 Å². The summed E-state index contributed by atoms with van der Waals surface area (Å²) in [6.45, 7) is 4.88. The van der Waals surface area contributed by atoms with Crippen molar-refractivity contribution in [2.24, 2.45) is 5.92 Å². The van der Waals surface area contributed by atoms with Gasteiger partial charge in [-0.15, -0.1) is 0 Å². The van der Waals surface area contributed by atoms with Crippen LogP contribution in [0.4, 0.5) is 0 Å². The van der Waals surface area contributed by atoms with E-state index in [0.717, 1.165) is 5.56 Å². The lowest BCUT2D eigenvalue weighted by Crippen LogP contribution is -2.56. The number of aliphatic hydroxyl groups excluding tert-OH is 1. The van der Waals surface area contributed by atoms with Gasteiger partial charge in [-0.25, -0.2) is 4.79 Å². The van der Waals surface area contributed by atoms with E-state index in [1.807, 2.05) is 26.0 Å². The third-order valence-electron chi connectivity index (χ3n) is 6.15. The summed E-state index contributed by atoms with van der Waals surface area (Å²) in [5.74, 6) is -2.67. The van der Waals surface area contributed by atoms with Crippen molar-refractivity contribution < 1.29 is 29.4 Å². The molecule has 196 valence electrons. The van der Waals surface area contributed by atoms with Crippen LogP contribution < -0.4 is 5.32 Å². The van der Waals surface area contributed by atoms with Crippen molar-refractivity contribution in [2.75, 3.05) is 6.54 Å². The quantitative estimate of drug-likeness (QED) is 0.453. The SMILES string of the molecule is CC(=O)N1C=C(c2ccccc2)N(CC(=O)N[C@@H](Cc2ccccc2)C(O)C(=O)O)C(=O)C1CC(C)C. The molecule has 0 saturated heterocycles. The van der Waals surface area contributed by atoms with Gasteiger partial charge in [0.1, 0.15) is 12.6 Å². The zero-order chi connectivity index (χ0) is 27.1. The molecular formula is C28H33N3O6. The van der Waals surface area contributed by atoms with Crippen molar-refractivity contribution in [3.05, 3.63) is 78.0 Å². The Labute approximate surface area is 216 Å². The van der Waals surface area contributed by atoms with E-state index in [9.17, 15) is 29.4 Å². The fraction of sp³-hybridized carbons (Fsp3) is 0.357. The van der Waals surface area contributed by atoms with Crippen molar-refractivity contribution in [2.45, 2.75) is 51.8 Å². The van der Waals surface area contributed by atoms with Crippen molar-refractivity contribution in [3.8, 4) is 0 Å². The Morgan fingerprint density at radius 3 is 2.14 bits per heavy atom. The number of nitrogens with zero attached hydrogens (tertiary/aromatic N) is 2. The van der Waals surface area contributed by atoms with E-state index in [2.05, 4.69) is 5.32 Å². The second-order valence-corrected chi connectivity index (χ2v) is 9.52. The maximum Gasteiger partial charge on any atom is 0.334 e. The first-order valence-corrected chi connectivity index (χ1v) is 12.2. The second kappa shape index (κ2) is 12.3. The molecule has 3 rings (SSSR count). The van der Waals surface area contributed by atoms with Crippen LogP contribution in [0.15, 0.2) is 66.9 Å². The molecule has 0 aliphatic carbocycles. The first-order chi connectivity index (χ1) is 17.6. The highest BCUT2D eigenvalue weighted by Crippen LogP contribution is 2.29. The average molecular weight is 508 g/mol. The number of carbonyl (C=O) groups excluding carboxylic acids is 3. The van der Waals surface area contributed by atoms with Crippen LogP contribution >= 0.6 is 0 Å². The minimum absolute atomic E-state index is 0.0868. The topological polar surface area (TPSA) is 127 Å². The number of amides is 3. The van der Waals surface area contributed by atoms with E-state index < -0.39 is 42.5 Å². The number of hydrogen-bond donors (Lipinski definition) is 3. The second-order valence-electron chi connectivity index (χ2n) is 9.52. The average Bonchev–Trinajstić information content (AvgIpc) is 2.86. The number of benzene rings is 2. The molecule has 0 aromatic heterocycles. The molecular weight excluding hydrogens is 474 g/mol. The van der Waals surface area contributed by atoms with Crippen LogP contribution in [0.5, 0.6) is 0 Å². The number of nitrogens with one attached hydrogen (secondary N) is 1. The summed E-state index contributed by atoms with van der Waals surface area (Å²) in [5.41, 5.74) is 1.76. The van der Waals surface area contributed by atoms with Gasteiger partial charge in [-0.05, 0) is 29.9 Å².